The van der Waals surface area contributed by atoms with Crippen molar-refractivity contribution in [2.45, 2.75) is 39.3 Å². The summed E-state index contributed by atoms with van der Waals surface area (Å²) < 4.78 is 5.26. The van der Waals surface area contributed by atoms with Gasteiger partial charge in [-0.3, -0.25) is 9.78 Å². The highest BCUT2D eigenvalue weighted by atomic mass is 16.6. The molecule has 2 rings (SSSR count). The normalized spacial score (nSPS) is 12.2. The van der Waals surface area contributed by atoms with Gasteiger partial charge in [0.25, 0.3) is 5.91 Å². The molecule has 0 fully saturated rings. The highest BCUT2D eigenvalue weighted by Gasteiger charge is 2.24. The third kappa shape index (κ3) is 5.29. The van der Waals surface area contributed by atoms with Crippen molar-refractivity contribution in [3.05, 3.63) is 59.9 Å². The minimum absolute atomic E-state index is 0.229. The zero-order valence-electron chi connectivity index (χ0n) is 15.4. The molecule has 1 aromatic heterocycles. The molecule has 0 radical (unpaired) electrons. The number of pyridine rings is 1. The van der Waals surface area contributed by atoms with Gasteiger partial charge in [0.1, 0.15) is 5.60 Å². The fraction of sp³-hybridized carbons (Fsp3) is 0.316. The maximum absolute atomic E-state index is 12.3. The molecule has 0 aliphatic heterocycles. The van der Waals surface area contributed by atoms with Gasteiger partial charge in [-0.15, -0.1) is 0 Å². The first-order valence-electron chi connectivity index (χ1n) is 8.25. The van der Waals surface area contributed by atoms with Crippen molar-refractivity contribution in [3.63, 3.8) is 0 Å². The molecule has 0 aliphatic rings. The van der Waals surface area contributed by atoms with Crippen LogP contribution in [0.2, 0.25) is 0 Å². The number of carbonyl (C=O) groups is 2. The van der Waals surface area contributed by atoms with Crippen LogP contribution in [0.4, 0.5) is 10.5 Å². The summed E-state index contributed by atoms with van der Waals surface area (Å²) in [4.78, 5) is 28.2. The number of aromatic nitrogens is 1. The van der Waals surface area contributed by atoms with Crippen molar-refractivity contribution >= 4 is 17.7 Å². The van der Waals surface area contributed by atoms with Gasteiger partial charge in [-0.1, -0.05) is 12.1 Å². The number of carbonyl (C=O) groups excluding carboxylic acids is 2. The fourth-order valence-corrected chi connectivity index (χ4v) is 2.18. The second kappa shape index (κ2) is 7.97. The van der Waals surface area contributed by atoms with E-state index in [0.717, 1.165) is 10.6 Å². The summed E-state index contributed by atoms with van der Waals surface area (Å²) in [5, 5.41) is 3.82. The third-order valence-electron chi connectivity index (χ3n) is 3.62. The Morgan fingerprint density at radius 3 is 2.23 bits per heavy atom. The number of hydrogen-bond acceptors (Lipinski definition) is 5. The molecule has 1 heterocycles. The lowest BCUT2D eigenvalue weighted by Crippen LogP contribution is -2.43. The Balaban J connectivity index is 2.04. The molecule has 0 saturated heterocycles. The van der Waals surface area contributed by atoms with Crippen LogP contribution in [0.3, 0.4) is 0 Å². The maximum atomic E-state index is 12.3. The molecular formula is C19H24N4O3. The summed E-state index contributed by atoms with van der Waals surface area (Å²) >= 11 is 0. The minimum atomic E-state index is -0.622. The largest absolute Gasteiger partial charge is 0.443 e. The van der Waals surface area contributed by atoms with Crippen molar-refractivity contribution in [2.24, 2.45) is 5.84 Å². The van der Waals surface area contributed by atoms with E-state index in [9.17, 15) is 9.59 Å². The third-order valence-corrected chi connectivity index (χ3v) is 3.62. The predicted octanol–water partition coefficient (Wildman–Crippen LogP) is 3.51. The average Bonchev–Trinajstić information content (AvgIpc) is 2.60. The van der Waals surface area contributed by atoms with E-state index in [-0.39, 0.29) is 5.91 Å². The maximum Gasteiger partial charge on any atom is 0.425 e. The van der Waals surface area contributed by atoms with Crippen molar-refractivity contribution < 1.29 is 14.3 Å². The number of hydrazine groups is 1. The van der Waals surface area contributed by atoms with Crippen LogP contribution in [0, 0.1) is 0 Å². The van der Waals surface area contributed by atoms with Gasteiger partial charge >= 0.3 is 6.09 Å². The number of amides is 2. The van der Waals surface area contributed by atoms with Crippen molar-refractivity contribution in [1.82, 2.24) is 9.99 Å². The Kier molecular flexibility index (Phi) is 5.94. The van der Waals surface area contributed by atoms with Crippen molar-refractivity contribution in [1.29, 1.82) is 0 Å². The standard InChI is InChI=1S/C19H24N4O3/c1-13(23(20)18(25)26-19(2,3)4)14-5-7-15(8-6-14)17(24)22-16-9-11-21-12-10-16/h5-13H,20H2,1-4H3,(H,21,22,24). The first-order chi connectivity index (χ1) is 12.2. The first-order valence-corrected chi connectivity index (χ1v) is 8.25. The Labute approximate surface area is 153 Å². The summed E-state index contributed by atoms with van der Waals surface area (Å²) in [6, 6.07) is 9.91. The second-order valence-corrected chi connectivity index (χ2v) is 6.88. The lowest BCUT2D eigenvalue weighted by Gasteiger charge is -2.28. The van der Waals surface area contributed by atoms with Crippen molar-refractivity contribution in [2.75, 3.05) is 5.32 Å². The van der Waals surface area contributed by atoms with E-state index in [1.165, 1.54) is 0 Å². The van der Waals surface area contributed by atoms with Crippen LogP contribution in [0.15, 0.2) is 48.8 Å². The van der Waals surface area contributed by atoms with Gasteiger partial charge in [-0.05, 0) is 57.5 Å². The van der Waals surface area contributed by atoms with E-state index in [2.05, 4.69) is 10.3 Å². The molecule has 0 bridgehead atoms. The Bertz CT molecular complexity index is 755. The van der Waals surface area contributed by atoms with E-state index in [1.807, 2.05) is 0 Å². The van der Waals surface area contributed by atoms with Crippen LogP contribution in [0.25, 0.3) is 0 Å². The number of nitrogens with one attached hydrogen (secondary N) is 1. The molecule has 26 heavy (non-hydrogen) atoms. The first kappa shape index (κ1) is 19.4. The van der Waals surface area contributed by atoms with Crippen LogP contribution in [-0.4, -0.2) is 27.6 Å². The number of anilines is 1. The Hall–Kier alpha value is -2.93. The number of benzene rings is 1. The van der Waals surface area contributed by atoms with E-state index in [4.69, 9.17) is 10.6 Å². The molecule has 0 saturated carbocycles. The van der Waals surface area contributed by atoms with Crippen LogP contribution in [0.1, 0.15) is 49.7 Å². The van der Waals surface area contributed by atoms with E-state index >= 15 is 0 Å². The highest BCUT2D eigenvalue weighted by molar-refractivity contribution is 6.04. The van der Waals surface area contributed by atoms with E-state index in [1.54, 1.807) is 76.5 Å². The van der Waals surface area contributed by atoms with Gasteiger partial charge in [0, 0.05) is 23.6 Å². The Morgan fingerprint density at radius 1 is 1.12 bits per heavy atom. The molecule has 0 spiro atoms. The van der Waals surface area contributed by atoms with Gasteiger partial charge in [-0.25, -0.2) is 15.6 Å². The zero-order valence-corrected chi connectivity index (χ0v) is 15.4. The average molecular weight is 356 g/mol. The molecule has 138 valence electrons. The zero-order chi connectivity index (χ0) is 19.3. The van der Waals surface area contributed by atoms with Crippen LogP contribution in [-0.2, 0) is 4.74 Å². The molecule has 2 amide bonds. The molecule has 1 aromatic carbocycles. The summed E-state index contributed by atoms with van der Waals surface area (Å²) in [7, 11) is 0. The lowest BCUT2D eigenvalue weighted by atomic mass is 10.1. The van der Waals surface area contributed by atoms with Gasteiger partial charge in [0.05, 0.1) is 6.04 Å². The predicted molar refractivity (Wildman–Crippen MR) is 99.3 cm³/mol. The highest BCUT2D eigenvalue weighted by Crippen LogP contribution is 2.21. The van der Waals surface area contributed by atoms with Crippen molar-refractivity contribution in [3.8, 4) is 0 Å². The lowest BCUT2D eigenvalue weighted by molar-refractivity contribution is 0.0170. The number of rotatable bonds is 4. The second-order valence-electron chi connectivity index (χ2n) is 6.88. The number of nitrogens with zero attached hydrogens (tertiary/aromatic N) is 2. The summed E-state index contributed by atoms with van der Waals surface area (Å²) in [5.74, 6) is 5.64. The molecule has 0 aliphatic carbocycles. The number of hydrogen-bond donors (Lipinski definition) is 2. The molecular weight excluding hydrogens is 332 g/mol. The number of nitrogens with two attached hydrogens (primary N) is 1. The Morgan fingerprint density at radius 2 is 1.69 bits per heavy atom. The summed E-state index contributed by atoms with van der Waals surface area (Å²) in [6.45, 7) is 7.12. The molecule has 3 N–H and O–H groups in total. The molecule has 7 heteroatoms. The molecule has 7 nitrogen and oxygen atoms in total. The molecule has 1 unspecified atom stereocenters. The van der Waals surface area contributed by atoms with Crippen LogP contribution in [0.5, 0.6) is 0 Å². The van der Waals surface area contributed by atoms with Gasteiger partial charge in [0.2, 0.25) is 0 Å². The SMILES string of the molecule is CC(c1ccc(C(=O)Nc2ccncc2)cc1)N(N)C(=O)OC(C)(C)C. The number of ether oxygens (including phenoxy) is 1. The molecule has 2 aromatic rings. The topological polar surface area (TPSA) is 97.5 Å². The van der Waals surface area contributed by atoms with Gasteiger partial charge in [0.15, 0.2) is 0 Å². The summed E-state index contributed by atoms with van der Waals surface area (Å²) in [6.07, 6.45) is 2.60. The van der Waals surface area contributed by atoms with Gasteiger partial charge < -0.3 is 10.1 Å². The monoisotopic (exact) mass is 356 g/mol. The van der Waals surface area contributed by atoms with E-state index in [0.29, 0.717) is 11.3 Å². The fourth-order valence-electron chi connectivity index (χ4n) is 2.18. The van der Waals surface area contributed by atoms with E-state index < -0.39 is 17.7 Å². The minimum Gasteiger partial charge on any atom is -0.443 e. The molecule has 1 atom stereocenters. The quantitative estimate of drug-likeness (QED) is 0.496. The van der Waals surface area contributed by atoms with Crippen LogP contribution < -0.4 is 11.2 Å². The van der Waals surface area contributed by atoms with Gasteiger partial charge in [-0.2, -0.15) is 0 Å². The summed E-state index contributed by atoms with van der Waals surface area (Å²) in [5.41, 5.74) is 1.33. The smallest absolute Gasteiger partial charge is 0.425 e. The van der Waals surface area contributed by atoms with Crippen LogP contribution >= 0.6 is 0 Å².